The molecule has 0 radical (unpaired) electrons. The predicted molar refractivity (Wildman–Crippen MR) is 69.2 cm³/mol. The zero-order chi connectivity index (χ0) is 14.1. The summed E-state index contributed by atoms with van der Waals surface area (Å²) in [5, 5.41) is 7.90. The summed E-state index contributed by atoms with van der Waals surface area (Å²) in [4.78, 5) is 25.7. The van der Waals surface area contributed by atoms with E-state index in [-0.39, 0.29) is 24.1 Å². The van der Waals surface area contributed by atoms with Crippen LogP contribution in [-0.4, -0.2) is 51.5 Å². The average Bonchev–Trinajstić information content (AvgIpc) is 3.09. The zero-order valence-electron chi connectivity index (χ0n) is 11.5. The van der Waals surface area contributed by atoms with Crippen molar-refractivity contribution in [3.05, 3.63) is 11.4 Å². The van der Waals surface area contributed by atoms with E-state index in [1.165, 1.54) is 0 Å². The van der Waals surface area contributed by atoms with Crippen LogP contribution in [0.4, 0.5) is 0 Å². The fourth-order valence-electron chi connectivity index (χ4n) is 2.34. The van der Waals surface area contributed by atoms with Gasteiger partial charge in [0, 0.05) is 19.0 Å². The molecule has 0 spiro atoms. The SMILES string of the molecule is CCOC(=O)c1nnn(CC(=O)N2CCC2)c1C1CC1. The van der Waals surface area contributed by atoms with E-state index in [1.54, 1.807) is 16.5 Å². The van der Waals surface area contributed by atoms with Gasteiger partial charge in [-0.3, -0.25) is 4.79 Å². The Bertz CT molecular complexity index is 532. The van der Waals surface area contributed by atoms with Crippen LogP contribution in [-0.2, 0) is 16.1 Å². The van der Waals surface area contributed by atoms with Gasteiger partial charge >= 0.3 is 5.97 Å². The van der Waals surface area contributed by atoms with Crippen molar-refractivity contribution >= 4 is 11.9 Å². The van der Waals surface area contributed by atoms with Crippen molar-refractivity contribution in [2.24, 2.45) is 0 Å². The summed E-state index contributed by atoms with van der Waals surface area (Å²) >= 11 is 0. The molecule has 20 heavy (non-hydrogen) atoms. The molecule has 7 nitrogen and oxygen atoms in total. The van der Waals surface area contributed by atoms with E-state index in [2.05, 4.69) is 10.3 Å². The van der Waals surface area contributed by atoms with Crippen molar-refractivity contribution in [2.75, 3.05) is 19.7 Å². The van der Waals surface area contributed by atoms with Gasteiger partial charge in [0.15, 0.2) is 5.69 Å². The second kappa shape index (κ2) is 5.22. The number of nitrogens with zero attached hydrogens (tertiary/aromatic N) is 4. The fraction of sp³-hybridized carbons (Fsp3) is 0.692. The Morgan fingerprint density at radius 1 is 1.35 bits per heavy atom. The summed E-state index contributed by atoms with van der Waals surface area (Å²) < 4.78 is 6.57. The molecule has 0 unspecified atom stereocenters. The molecule has 1 saturated heterocycles. The summed E-state index contributed by atoms with van der Waals surface area (Å²) in [7, 11) is 0. The standard InChI is InChI=1S/C13H18N4O3/c1-2-20-13(19)11-12(9-4-5-9)17(15-14-11)8-10(18)16-6-3-7-16/h9H,2-8H2,1H3. The van der Waals surface area contributed by atoms with E-state index in [4.69, 9.17) is 4.74 Å². The van der Waals surface area contributed by atoms with Gasteiger partial charge in [-0.05, 0) is 26.2 Å². The highest BCUT2D eigenvalue weighted by Gasteiger charge is 2.35. The monoisotopic (exact) mass is 278 g/mol. The third-order valence-corrected chi connectivity index (χ3v) is 3.70. The van der Waals surface area contributed by atoms with Crippen molar-refractivity contribution in [1.29, 1.82) is 0 Å². The van der Waals surface area contributed by atoms with Gasteiger partial charge in [0.1, 0.15) is 6.54 Å². The molecule has 1 amide bonds. The molecule has 2 aliphatic rings. The first-order valence-electron chi connectivity index (χ1n) is 7.09. The Kier molecular flexibility index (Phi) is 3.42. The third-order valence-electron chi connectivity index (χ3n) is 3.70. The number of hydrogen-bond donors (Lipinski definition) is 0. The van der Waals surface area contributed by atoms with E-state index in [0.29, 0.717) is 6.61 Å². The molecule has 0 aromatic carbocycles. The Morgan fingerprint density at radius 3 is 2.65 bits per heavy atom. The van der Waals surface area contributed by atoms with Gasteiger partial charge in [-0.15, -0.1) is 5.10 Å². The highest BCUT2D eigenvalue weighted by atomic mass is 16.5. The molecule has 1 aliphatic heterocycles. The lowest BCUT2D eigenvalue weighted by molar-refractivity contribution is -0.135. The van der Waals surface area contributed by atoms with Gasteiger partial charge < -0.3 is 9.64 Å². The van der Waals surface area contributed by atoms with Crippen molar-refractivity contribution in [3.63, 3.8) is 0 Å². The molecule has 7 heteroatoms. The van der Waals surface area contributed by atoms with E-state index >= 15 is 0 Å². The molecule has 0 atom stereocenters. The highest BCUT2D eigenvalue weighted by molar-refractivity contribution is 5.89. The number of likely N-dealkylation sites (tertiary alicyclic amines) is 1. The second-order valence-corrected chi connectivity index (χ2v) is 5.21. The first kappa shape index (κ1) is 13.1. The molecule has 108 valence electrons. The smallest absolute Gasteiger partial charge is 0.360 e. The molecule has 2 fully saturated rings. The summed E-state index contributed by atoms with van der Waals surface area (Å²) in [6, 6.07) is 0. The quantitative estimate of drug-likeness (QED) is 0.736. The number of esters is 1. The number of amides is 1. The van der Waals surface area contributed by atoms with Crippen LogP contribution >= 0.6 is 0 Å². The lowest BCUT2D eigenvalue weighted by atomic mass is 10.2. The van der Waals surface area contributed by atoms with Gasteiger partial charge in [0.2, 0.25) is 5.91 Å². The Labute approximate surface area is 116 Å². The van der Waals surface area contributed by atoms with Gasteiger partial charge in [-0.2, -0.15) is 0 Å². The van der Waals surface area contributed by atoms with Crippen LogP contribution in [0.3, 0.4) is 0 Å². The fourth-order valence-corrected chi connectivity index (χ4v) is 2.34. The zero-order valence-corrected chi connectivity index (χ0v) is 11.5. The molecule has 3 rings (SSSR count). The van der Waals surface area contributed by atoms with Crippen molar-refractivity contribution in [1.82, 2.24) is 19.9 Å². The molecular formula is C13H18N4O3. The van der Waals surface area contributed by atoms with Gasteiger partial charge in [-0.1, -0.05) is 5.21 Å². The van der Waals surface area contributed by atoms with E-state index in [0.717, 1.165) is 38.0 Å². The Morgan fingerprint density at radius 2 is 2.10 bits per heavy atom. The van der Waals surface area contributed by atoms with Crippen LogP contribution in [0.5, 0.6) is 0 Å². The Hall–Kier alpha value is -1.92. The molecule has 0 N–H and O–H groups in total. The molecule has 1 saturated carbocycles. The van der Waals surface area contributed by atoms with E-state index < -0.39 is 5.97 Å². The maximum Gasteiger partial charge on any atom is 0.360 e. The predicted octanol–water partition coefficient (Wildman–Crippen LogP) is 0.564. The minimum atomic E-state index is -0.447. The number of aromatic nitrogens is 3. The second-order valence-electron chi connectivity index (χ2n) is 5.21. The van der Waals surface area contributed by atoms with Crippen LogP contribution in [0.15, 0.2) is 0 Å². The van der Waals surface area contributed by atoms with Crippen LogP contribution < -0.4 is 0 Å². The Balaban J connectivity index is 1.79. The summed E-state index contributed by atoms with van der Waals surface area (Å²) in [5.41, 5.74) is 1.03. The highest BCUT2D eigenvalue weighted by Crippen LogP contribution is 2.41. The van der Waals surface area contributed by atoms with Crippen molar-refractivity contribution in [2.45, 2.75) is 38.6 Å². The maximum atomic E-state index is 12.0. The van der Waals surface area contributed by atoms with Gasteiger partial charge in [0.25, 0.3) is 0 Å². The first-order chi connectivity index (χ1) is 9.70. The van der Waals surface area contributed by atoms with Crippen LogP contribution in [0.1, 0.15) is 48.3 Å². The first-order valence-corrected chi connectivity index (χ1v) is 7.09. The van der Waals surface area contributed by atoms with Crippen LogP contribution in [0.25, 0.3) is 0 Å². The summed E-state index contributed by atoms with van der Waals surface area (Å²) in [5.74, 6) is -0.121. The summed E-state index contributed by atoms with van der Waals surface area (Å²) in [6.45, 7) is 3.86. The van der Waals surface area contributed by atoms with Crippen molar-refractivity contribution < 1.29 is 14.3 Å². The minimum Gasteiger partial charge on any atom is -0.461 e. The molecule has 1 aromatic rings. The average molecular weight is 278 g/mol. The number of carbonyl (C=O) groups is 2. The van der Waals surface area contributed by atoms with Crippen LogP contribution in [0.2, 0.25) is 0 Å². The topological polar surface area (TPSA) is 77.3 Å². The molecule has 1 aliphatic carbocycles. The lowest BCUT2D eigenvalue weighted by Crippen LogP contribution is -2.44. The van der Waals surface area contributed by atoms with E-state index in [1.807, 2.05) is 0 Å². The number of hydrogen-bond acceptors (Lipinski definition) is 5. The normalized spacial score (nSPS) is 17.8. The number of ether oxygens (including phenoxy) is 1. The third kappa shape index (κ3) is 2.39. The van der Waals surface area contributed by atoms with Gasteiger partial charge in [0.05, 0.1) is 12.3 Å². The number of carbonyl (C=O) groups excluding carboxylic acids is 2. The largest absolute Gasteiger partial charge is 0.461 e. The molecular weight excluding hydrogens is 260 g/mol. The minimum absolute atomic E-state index is 0.0402. The number of rotatable bonds is 5. The van der Waals surface area contributed by atoms with Crippen LogP contribution in [0, 0.1) is 0 Å². The van der Waals surface area contributed by atoms with Crippen molar-refractivity contribution in [3.8, 4) is 0 Å². The molecule has 1 aromatic heterocycles. The molecule has 2 heterocycles. The van der Waals surface area contributed by atoms with E-state index in [9.17, 15) is 9.59 Å². The van der Waals surface area contributed by atoms with Gasteiger partial charge in [-0.25, -0.2) is 9.48 Å². The lowest BCUT2D eigenvalue weighted by Gasteiger charge is -2.30. The maximum absolute atomic E-state index is 12.0. The summed E-state index contributed by atoms with van der Waals surface area (Å²) in [6.07, 6.45) is 3.09. The molecule has 0 bridgehead atoms.